The van der Waals surface area contributed by atoms with Crippen LogP contribution >= 0.6 is 0 Å². The van der Waals surface area contributed by atoms with Crippen LogP contribution in [0.4, 0.5) is 0 Å². The van der Waals surface area contributed by atoms with Gasteiger partial charge in [-0.25, -0.2) is 9.59 Å². The predicted molar refractivity (Wildman–Crippen MR) is 112 cm³/mol. The highest BCUT2D eigenvalue weighted by atomic mass is 16.5. The number of nitrogens with zero attached hydrogens (tertiary/aromatic N) is 3. The second-order valence-electron chi connectivity index (χ2n) is 7.63. The van der Waals surface area contributed by atoms with Crippen molar-refractivity contribution in [3.8, 4) is 17.2 Å². The van der Waals surface area contributed by atoms with Crippen LogP contribution in [0.2, 0.25) is 0 Å². The van der Waals surface area contributed by atoms with Crippen molar-refractivity contribution >= 4 is 5.97 Å². The second kappa shape index (κ2) is 8.06. The van der Waals surface area contributed by atoms with Crippen molar-refractivity contribution in [2.45, 2.75) is 39.8 Å². The van der Waals surface area contributed by atoms with Crippen LogP contribution in [-0.4, -0.2) is 38.1 Å². The van der Waals surface area contributed by atoms with E-state index in [9.17, 15) is 14.7 Å². The lowest BCUT2D eigenvalue weighted by molar-refractivity contribution is -0.152. The summed E-state index contributed by atoms with van der Waals surface area (Å²) in [4.78, 5) is 24.1. The maximum absolute atomic E-state index is 12.8. The predicted octanol–water partition coefficient (Wildman–Crippen LogP) is 2.95. The van der Waals surface area contributed by atoms with Gasteiger partial charge in [0.05, 0.1) is 19.3 Å². The van der Waals surface area contributed by atoms with Gasteiger partial charge in [0.2, 0.25) is 0 Å². The molecule has 0 saturated carbocycles. The summed E-state index contributed by atoms with van der Waals surface area (Å²) < 4.78 is 13.7. The van der Waals surface area contributed by atoms with Crippen molar-refractivity contribution in [2.75, 3.05) is 7.11 Å². The normalized spacial score (nSPS) is 11.4. The molecule has 0 aliphatic rings. The fourth-order valence-corrected chi connectivity index (χ4v) is 3.13. The Balaban J connectivity index is 1.86. The monoisotopic (exact) mass is 411 g/mol. The molecular weight excluding hydrogens is 386 g/mol. The van der Waals surface area contributed by atoms with Gasteiger partial charge >= 0.3 is 11.7 Å². The first-order chi connectivity index (χ1) is 14.1. The van der Waals surface area contributed by atoms with Crippen molar-refractivity contribution < 1.29 is 19.4 Å². The Morgan fingerprint density at radius 2 is 1.73 bits per heavy atom. The summed E-state index contributed by atoms with van der Waals surface area (Å²) in [6, 6.07) is 10.8. The molecule has 0 atom stereocenters. The summed E-state index contributed by atoms with van der Waals surface area (Å²) in [6.45, 7) is 7.06. The molecule has 1 N–H and O–H groups in total. The van der Waals surface area contributed by atoms with E-state index in [1.165, 1.54) is 29.4 Å². The van der Waals surface area contributed by atoms with Crippen LogP contribution in [0.15, 0.2) is 47.5 Å². The molecule has 3 rings (SSSR count). The SMILES string of the molecule is COc1ccc(-n2ncn(Cc3cc(C)c(OC(C)(C)C(=O)O)c(C)c3)c2=O)cc1. The number of ether oxygens (including phenoxy) is 2. The zero-order valence-corrected chi connectivity index (χ0v) is 17.7. The molecule has 8 heteroatoms. The highest BCUT2D eigenvalue weighted by Crippen LogP contribution is 2.29. The Morgan fingerprint density at radius 1 is 1.13 bits per heavy atom. The molecule has 30 heavy (non-hydrogen) atoms. The molecule has 1 heterocycles. The van der Waals surface area contributed by atoms with Crippen LogP contribution in [-0.2, 0) is 11.3 Å². The van der Waals surface area contributed by atoms with Gasteiger partial charge in [-0.3, -0.25) is 4.57 Å². The molecule has 0 radical (unpaired) electrons. The van der Waals surface area contributed by atoms with Crippen molar-refractivity contribution in [3.05, 3.63) is 69.9 Å². The number of aryl methyl sites for hydroxylation is 2. The Labute approximate surface area is 174 Å². The smallest absolute Gasteiger partial charge is 0.350 e. The van der Waals surface area contributed by atoms with E-state index in [4.69, 9.17) is 9.47 Å². The van der Waals surface area contributed by atoms with Crippen molar-refractivity contribution in [2.24, 2.45) is 0 Å². The quantitative estimate of drug-likeness (QED) is 0.642. The van der Waals surface area contributed by atoms with Gasteiger partial charge < -0.3 is 14.6 Å². The summed E-state index contributed by atoms with van der Waals surface area (Å²) in [7, 11) is 1.58. The van der Waals surface area contributed by atoms with Gasteiger partial charge in [-0.2, -0.15) is 9.78 Å². The van der Waals surface area contributed by atoms with Gasteiger partial charge in [0.25, 0.3) is 0 Å². The first kappa shape index (κ1) is 21.2. The van der Waals surface area contributed by atoms with E-state index in [2.05, 4.69) is 5.10 Å². The molecule has 0 spiro atoms. The van der Waals surface area contributed by atoms with Crippen LogP contribution in [0.5, 0.6) is 11.5 Å². The van der Waals surface area contributed by atoms with E-state index in [1.54, 1.807) is 31.4 Å². The highest BCUT2D eigenvalue weighted by Gasteiger charge is 2.30. The molecule has 0 amide bonds. The van der Waals surface area contributed by atoms with Crippen LogP contribution in [0, 0.1) is 13.8 Å². The number of hydrogen-bond donors (Lipinski definition) is 1. The van der Waals surface area contributed by atoms with Gasteiger partial charge in [-0.1, -0.05) is 12.1 Å². The van der Waals surface area contributed by atoms with E-state index < -0.39 is 11.6 Å². The molecular formula is C22H25N3O5. The lowest BCUT2D eigenvalue weighted by Crippen LogP contribution is -2.38. The summed E-state index contributed by atoms with van der Waals surface area (Å²) in [6.07, 6.45) is 1.50. The van der Waals surface area contributed by atoms with Gasteiger partial charge in [-0.15, -0.1) is 0 Å². The first-order valence-electron chi connectivity index (χ1n) is 9.44. The maximum Gasteiger partial charge on any atom is 0.350 e. The Hall–Kier alpha value is -3.55. The standard InChI is InChI=1S/C22H25N3O5/c1-14-10-16(11-15(2)19(14)30-22(3,4)20(26)27)12-24-13-23-25(21(24)28)17-6-8-18(29-5)9-7-17/h6-11,13H,12H2,1-5H3,(H,26,27). The van der Waals surface area contributed by atoms with Crippen molar-refractivity contribution in [1.82, 2.24) is 14.3 Å². The number of hydrogen-bond acceptors (Lipinski definition) is 5. The molecule has 0 aliphatic heterocycles. The van der Waals surface area contributed by atoms with E-state index in [-0.39, 0.29) is 5.69 Å². The van der Waals surface area contributed by atoms with E-state index >= 15 is 0 Å². The number of carbonyl (C=O) groups is 1. The molecule has 1 aromatic heterocycles. The first-order valence-corrected chi connectivity index (χ1v) is 9.44. The molecule has 3 aromatic rings. The number of aliphatic carboxylic acids is 1. The third-order valence-corrected chi connectivity index (χ3v) is 4.80. The van der Waals surface area contributed by atoms with Crippen molar-refractivity contribution in [3.63, 3.8) is 0 Å². The van der Waals surface area contributed by atoms with E-state index in [0.717, 1.165) is 16.7 Å². The minimum atomic E-state index is -1.34. The molecule has 0 aliphatic carbocycles. The number of carboxylic acid groups (broad SMARTS) is 1. The highest BCUT2D eigenvalue weighted by molar-refractivity contribution is 5.77. The topological polar surface area (TPSA) is 95.6 Å². The van der Waals surface area contributed by atoms with E-state index in [1.807, 2.05) is 26.0 Å². The largest absolute Gasteiger partial charge is 0.497 e. The Bertz CT molecular complexity index is 1100. The van der Waals surface area contributed by atoms with Crippen LogP contribution in [0.3, 0.4) is 0 Å². The number of rotatable bonds is 7. The van der Waals surface area contributed by atoms with E-state index in [0.29, 0.717) is 23.7 Å². The summed E-state index contributed by atoms with van der Waals surface area (Å²) in [5.74, 6) is 0.195. The second-order valence-corrected chi connectivity index (χ2v) is 7.63. The molecule has 0 unspecified atom stereocenters. The van der Waals surface area contributed by atoms with Gasteiger partial charge in [0.1, 0.15) is 17.8 Å². The fraction of sp³-hybridized carbons (Fsp3) is 0.318. The lowest BCUT2D eigenvalue weighted by atomic mass is 10.0. The number of methoxy groups -OCH3 is 1. The minimum absolute atomic E-state index is 0.261. The molecule has 2 aromatic carbocycles. The van der Waals surface area contributed by atoms with Gasteiger partial charge in [-0.05, 0) is 68.7 Å². The number of benzene rings is 2. The van der Waals surface area contributed by atoms with Gasteiger partial charge in [0.15, 0.2) is 5.60 Å². The average Bonchev–Trinajstić information content (AvgIpc) is 3.05. The molecule has 0 saturated heterocycles. The molecule has 0 fully saturated rings. The van der Waals surface area contributed by atoms with Crippen molar-refractivity contribution in [1.29, 1.82) is 0 Å². The number of carboxylic acids is 1. The third kappa shape index (κ3) is 4.22. The van der Waals surface area contributed by atoms with Crippen LogP contribution in [0.1, 0.15) is 30.5 Å². The summed E-state index contributed by atoms with van der Waals surface area (Å²) in [5, 5.41) is 13.5. The molecule has 158 valence electrons. The van der Waals surface area contributed by atoms with Crippen LogP contribution < -0.4 is 15.2 Å². The Kier molecular flexibility index (Phi) is 5.69. The third-order valence-electron chi connectivity index (χ3n) is 4.80. The maximum atomic E-state index is 12.8. The minimum Gasteiger partial charge on any atom is -0.497 e. The lowest BCUT2D eigenvalue weighted by Gasteiger charge is -2.24. The Morgan fingerprint density at radius 3 is 2.27 bits per heavy atom. The molecule has 0 bridgehead atoms. The number of aromatic nitrogens is 3. The molecule has 8 nitrogen and oxygen atoms in total. The average molecular weight is 411 g/mol. The summed E-state index contributed by atoms with van der Waals surface area (Å²) in [5.41, 5.74) is 1.54. The zero-order valence-electron chi connectivity index (χ0n) is 17.7. The van der Waals surface area contributed by atoms with Gasteiger partial charge in [0, 0.05) is 0 Å². The fourth-order valence-electron chi connectivity index (χ4n) is 3.13. The summed E-state index contributed by atoms with van der Waals surface area (Å²) >= 11 is 0. The van der Waals surface area contributed by atoms with Crippen LogP contribution in [0.25, 0.3) is 5.69 Å². The zero-order chi connectivity index (χ0) is 22.1.